The predicted octanol–water partition coefficient (Wildman–Crippen LogP) is 0.743. The molecule has 0 heterocycles. The normalized spacial score (nSPS) is 11.4. The molecule has 0 aliphatic carbocycles. The van der Waals surface area contributed by atoms with Crippen LogP contribution in [0, 0.1) is 0 Å². The maximum Gasteiger partial charge on any atom is 0.326 e. The zero-order chi connectivity index (χ0) is 15.1. The van der Waals surface area contributed by atoms with Crippen LogP contribution in [0.4, 0.5) is 0 Å². The summed E-state index contributed by atoms with van der Waals surface area (Å²) in [4.78, 5) is 33.2. The number of hydrogen-bond donors (Lipinski definition) is 3. The van der Waals surface area contributed by atoms with E-state index in [4.69, 9.17) is 14.9 Å². The van der Waals surface area contributed by atoms with Crippen molar-refractivity contribution < 1.29 is 29.3 Å². The van der Waals surface area contributed by atoms with Gasteiger partial charge in [0.15, 0.2) is 0 Å². The van der Waals surface area contributed by atoms with Crippen LogP contribution in [-0.4, -0.2) is 40.7 Å². The third kappa shape index (κ3) is 4.60. The fraction of sp³-hybridized carbons (Fsp3) is 0.308. The first-order chi connectivity index (χ1) is 9.43. The van der Waals surface area contributed by atoms with E-state index >= 15 is 0 Å². The van der Waals surface area contributed by atoms with Crippen molar-refractivity contribution in [1.82, 2.24) is 5.32 Å². The fourth-order valence-electron chi connectivity index (χ4n) is 1.49. The lowest BCUT2D eigenvalue weighted by Gasteiger charge is -2.12. The molecule has 0 aromatic heterocycles. The van der Waals surface area contributed by atoms with Gasteiger partial charge in [-0.2, -0.15) is 0 Å². The Morgan fingerprint density at radius 1 is 1.20 bits per heavy atom. The first-order valence-electron chi connectivity index (χ1n) is 5.92. The van der Waals surface area contributed by atoms with E-state index in [-0.39, 0.29) is 5.56 Å². The maximum atomic E-state index is 11.8. The van der Waals surface area contributed by atoms with Crippen LogP contribution in [0.25, 0.3) is 0 Å². The molecule has 0 radical (unpaired) electrons. The quantitative estimate of drug-likeness (QED) is 0.679. The van der Waals surface area contributed by atoms with E-state index in [0.29, 0.717) is 12.4 Å². The van der Waals surface area contributed by atoms with Crippen molar-refractivity contribution in [3.05, 3.63) is 29.8 Å². The van der Waals surface area contributed by atoms with Gasteiger partial charge in [-0.05, 0) is 31.2 Å². The summed E-state index contributed by atoms with van der Waals surface area (Å²) in [6.07, 6.45) is -0.682. The summed E-state index contributed by atoms with van der Waals surface area (Å²) < 4.78 is 5.21. The summed E-state index contributed by atoms with van der Waals surface area (Å²) in [6.45, 7) is 2.31. The zero-order valence-electron chi connectivity index (χ0n) is 10.8. The molecule has 7 heteroatoms. The molecule has 0 aliphatic rings. The third-order valence-corrected chi connectivity index (χ3v) is 2.41. The molecule has 0 saturated carbocycles. The highest BCUT2D eigenvalue weighted by Crippen LogP contribution is 2.12. The van der Waals surface area contributed by atoms with E-state index < -0.39 is 30.3 Å². The van der Waals surface area contributed by atoms with Gasteiger partial charge in [-0.1, -0.05) is 0 Å². The van der Waals surface area contributed by atoms with Crippen molar-refractivity contribution in [2.75, 3.05) is 6.61 Å². The van der Waals surface area contributed by atoms with E-state index in [0.717, 1.165) is 0 Å². The molecule has 1 aromatic rings. The van der Waals surface area contributed by atoms with Crippen LogP contribution in [0.1, 0.15) is 23.7 Å². The average Bonchev–Trinajstić information content (AvgIpc) is 2.38. The molecule has 20 heavy (non-hydrogen) atoms. The van der Waals surface area contributed by atoms with Crippen molar-refractivity contribution in [3.8, 4) is 5.75 Å². The third-order valence-electron chi connectivity index (χ3n) is 2.41. The van der Waals surface area contributed by atoms with Gasteiger partial charge in [0.1, 0.15) is 11.8 Å². The molecule has 7 nitrogen and oxygen atoms in total. The topological polar surface area (TPSA) is 113 Å². The monoisotopic (exact) mass is 281 g/mol. The number of aliphatic carboxylic acids is 2. The summed E-state index contributed by atoms with van der Waals surface area (Å²) in [6, 6.07) is 4.63. The van der Waals surface area contributed by atoms with Gasteiger partial charge < -0.3 is 20.3 Å². The number of amides is 1. The largest absolute Gasteiger partial charge is 0.494 e. The second kappa shape index (κ2) is 7.13. The molecule has 1 rings (SSSR count). The number of carbonyl (C=O) groups is 3. The van der Waals surface area contributed by atoms with E-state index in [1.807, 2.05) is 6.92 Å². The Morgan fingerprint density at radius 2 is 1.80 bits per heavy atom. The van der Waals surface area contributed by atoms with Crippen molar-refractivity contribution >= 4 is 17.8 Å². The Labute approximate surface area is 115 Å². The number of carbonyl (C=O) groups excluding carboxylic acids is 1. The number of rotatable bonds is 7. The minimum Gasteiger partial charge on any atom is -0.494 e. The number of nitrogens with one attached hydrogen (secondary N) is 1. The summed E-state index contributed by atoms with van der Waals surface area (Å²) >= 11 is 0. The zero-order valence-corrected chi connectivity index (χ0v) is 10.8. The molecule has 0 aliphatic heterocycles. The number of ether oxygens (including phenoxy) is 1. The summed E-state index contributed by atoms with van der Waals surface area (Å²) in [7, 11) is 0. The first kappa shape index (κ1) is 15.5. The van der Waals surface area contributed by atoms with Gasteiger partial charge in [-0.15, -0.1) is 0 Å². The van der Waals surface area contributed by atoms with Crippen molar-refractivity contribution in [2.45, 2.75) is 19.4 Å². The highest BCUT2D eigenvalue weighted by atomic mass is 16.5. The summed E-state index contributed by atoms with van der Waals surface area (Å²) in [5, 5.41) is 19.6. The van der Waals surface area contributed by atoms with E-state index in [1.54, 1.807) is 12.1 Å². The molecule has 3 N–H and O–H groups in total. The Hall–Kier alpha value is -2.57. The molecule has 0 fully saturated rings. The Kier molecular flexibility index (Phi) is 5.52. The summed E-state index contributed by atoms with van der Waals surface area (Å²) in [5.74, 6) is -2.76. The minimum atomic E-state index is -1.47. The average molecular weight is 281 g/mol. The first-order valence-corrected chi connectivity index (χ1v) is 5.92. The lowest BCUT2D eigenvalue weighted by Crippen LogP contribution is -2.42. The van der Waals surface area contributed by atoms with Crippen LogP contribution in [-0.2, 0) is 9.59 Å². The number of carboxylic acid groups (broad SMARTS) is 2. The lowest BCUT2D eigenvalue weighted by molar-refractivity contribution is -0.145. The molecule has 0 spiro atoms. The number of hydrogen-bond acceptors (Lipinski definition) is 4. The van der Waals surface area contributed by atoms with Gasteiger partial charge in [0, 0.05) is 5.56 Å². The Morgan fingerprint density at radius 3 is 2.25 bits per heavy atom. The standard InChI is InChI=1S/C13H15NO6/c1-2-20-9-5-3-8(4-6-9)12(17)14-10(13(18)19)7-11(15)16/h3-6,10H,2,7H2,1H3,(H,14,17)(H,15,16)(H,18,19). The lowest BCUT2D eigenvalue weighted by atomic mass is 10.1. The molecule has 1 aromatic carbocycles. The fourth-order valence-corrected chi connectivity index (χ4v) is 1.49. The highest BCUT2D eigenvalue weighted by molar-refractivity contribution is 5.97. The Balaban J connectivity index is 2.73. The molecule has 0 bridgehead atoms. The van der Waals surface area contributed by atoms with Crippen molar-refractivity contribution in [2.24, 2.45) is 0 Å². The van der Waals surface area contributed by atoms with E-state index in [1.165, 1.54) is 12.1 Å². The van der Waals surface area contributed by atoms with Crippen LogP contribution >= 0.6 is 0 Å². The van der Waals surface area contributed by atoms with Crippen LogP contribution < -0.4 is 10.1 Å². The van der Waals surface area contributed by atoms with Crippen molar-refractivity contribution in [1.29, 1.82) is 0 Å². The molecule has 1 unspecified atom stereocenters. The second-order valence-electron chi connectivity index (χ2n) is 3.92. The maximum absolute atomic E-state index is 11.8. The van der Waals surface area contributed by atoms with Crippen LogP contribution in [0.5, 0.6) is 5.75 Å². The summed E-state index contributed by atoms with van der Waals surface area (Å²) in [5.41, 5.74) is 0.227. The van der Waals surface area contributed by atoms with Gasteiger partial charge in [-0.3, -0.25) is 9.59 Å². The second-order valence-corrected chi connectivity index (χ2v) is 3.92. The smallest absolute Gasteiger partial charge is 0.326 e. The molecular formula is C13H15NO6. The van der Waals surface area contributed by atoms with Crippen LogP contribution in [0.3, 0.4) is 0 Å². The minimum absolute atomic E-state index is 0.227. The number of carboxylic acids is 2. The van der Waals surface area contributed by atoms with Gasteiger partial charge in [-0.25, -0.2) is 4.79 Å². The van der Waals surface area contributed by atoms with Gasteiger partial charge in [0.25, 0.3) is 5.91 Å². The van der Waals surface area contributed by atoms with Gasteiger partial charge >= 0.3 is 11.9 Å². The highest BCUT2D eigenvalue weighted by Gasteiger charge is 2.23. The van der Waals surface area contributed by atoms with Crippen LogP contribution in [0.2, 0.25) is 0 Å². The SMILES string of the molecule is CCOc1ccc(C(=O)NC(CC(=O)O)C(=O)O)cc1. The van der Waals surface area contributed by atoms with Crippen LogP contribution in [0.15, 0.2) is 24.3 Å². The molecule has 1 atom stereocenters. The molecule has 1 amide bonds. The van der Waals surface area contributed by atoms with E-state index in [2.05, 4.69) is 5.32 Å². The molecule has 108 valence electrons. The van der Waals surface area contributed by atoms with Gasteiger partial charge in [0.2, 0.25) is 0 Å². The predicted molar refractivity (Wildman–Crippen MR) is 68.8 cm³/mol. The van der Waals surface area contributed by atoms with E-state index in [9.17, 15) is 14.4 Å². The Bertz CT molecular complexity index is 496. The molecule has 0 saturated heterocycles. The van der Waals surface area contributed by atoms with Gasteiger partial charge in [0.05, 0.1) is 13.0 Å². The number of benzene rings is 1. The van der Waals surface area contributed by atoms with Crippen molar-refractivity contribution in [3.63, 3.8) is 0 Å². The molecular weight excluding hydrogens is 266 g/mol.